The summed E-state index contributed by atoms with van der Waals surface area (Å²) in [5, 5.41) is 11.1. The van der Waals surface area contributed by atoms with E-state index in [1.165, 1.54) is 12.8 Å². The summed E-state index contributed by atoms with van der Waals surface area (Å²) >= 11 is 0. The molecule has 6 heteroatoms. The van der Waals surface area contributed by atoms with Crippen LogP contribution in [0.3, 0.4) is 0 Å². The van der Waals surface area contributed by atoms with E-state index in [9.17, 15) is 18.3 Å². The monoisotopic (exact) mass is 476 g/mol. The summed E-state index contributed by atoms with van der Waals surface area (Å²) in [6.07, 6.45) is 7.94. The highest BCUT2D eigenvalue weighted by atomic mass is 19.2. The first-order valence-electron chi connectivity index (χ1n) is 12.5. The van der Waals surface area contributed by atoms with E-state index in [0.29, 0.717) is 30.3 Å². The van der Waals surface area contributed by atoms with Crippen LogP contribution in [-0.2, 0) is 9.47 Å². The SMILES string of the molecule is CCCCCC1(C)COC(O)(C2CCC(c3ccc(-c4cc(F)c(F)c(F)c4)cc3)CC2)OC1. The Balaban J connectivity index is 1.32. The van der Waals surface area contributed by atoms with Crippen molar-refractivity contribution in [2.45, 2.75) is 77.1 Å². The van der Waals surface area contributed by atoms with Gasteiger partial charge in [-0.25, -0.2) is 13.2 Å². The highest BCUT2D eigenvalue weighted by molar-refractivity contribution is 5.64. The summed E-state index contributed by atoms with van der Waals surface area (Å²) in [7, 11) is 0. The molecule has 0 spiro atoms. The molecular formula is C28H35F3O3. The van der Waals surface area contributed by atoms with Crippen molar-refractivity contribution in [1.82, 2.24) is 0 Å². The Hall–Kier alpha value is -1.89. The standard InChI is InChI=1S/C28H35F3O3/c1-3-4-5-14-27(2)17-33-28(32,34-18-27)23-12-10-20(11-13-23)19-6-8-21(9-7-19)22-15-24(29)26(31)25(30)16-22/h6-9,15-16,20,23,32H,3-5,10-14,17-18H2,1-2H3. The van der Waals surface area contributed by atoms with Crippen molar-refractivity contribution in [3.63, 3.8) is 0 Å². The highest BCUT2D eigenvalue weighted by Gasteiger charge is 2.47. The van der Waals surface area contributed by atoms with E-state index in [-0.39, 0.29) is 11.3 Å². The molecule has 1 aliphatic heterocycles. The minimum absolute atomic E-state index is 0.0449. The third kappa shape index (κ3) is 5.50. The second-order valence-electron chi connectivity index (χ2n) is 10.4. The maximum atomic E-state index is 13.6. The summed E-state index contributed by atoms with van der Waals surface area (Å²) in [6, 6.07) is 9.57. The molecule has 1 saturated carbocycles. The van der Waals surface area contributed by atoms with Gasteiger partial charge in [-0.1, -0.05) is 57.4 Å². The summed E-state index contributed by atoms with van der Waals surface area (Å²) in [4.78, 5) is 0. The largest absolute Gasteiger partial charge is 0.343 e. The van der Waals surface area contributed by atoms with Gasteiger partial charge in [0.25, 0.3) is 5.97 Å². The number of benzene rings is 2. The Bertz CT molecular complexity index is 936. The number of aliphatic hydroxyl groups is 1. The average molecular weight is 477 g/mol. The smallest absolute Gasteiger partial charge is 0.283 e. The summed E-state index contributed by atoms with van der Waals surface area (Å²) < 4.78 is 52.2. The Morgan fingerprint density at radius 3 is 2.03 bits per heavy atom. The van der Waals surface area contributed by atoms with Gasteiger partial charge in [0, 0.05) is 11.3 Å². The van der Waals surface area contributed by atoms with Crippen LogP contribution in [0.2, 0.25) is 0 Å². The van der Waals surface area contributed by atoms with Crippen molar-refractivity contribution in [2.75, 3.05) is 13.2 Å². The van der Waals surface area contributed by atoms with Gasteiger partial charge in [0.05, 0.1) is 13.2 Å². The minimum atomic E-state index is -1.50. The van der Waals surface area contributed by atoms with Crippen LogP contribution in [0.4, 0.5) is 13.2 Å². The summed E-state index contributed by atoms with van der Waals surface area (Å²) in [5.74, 6) is -5.07. The molecule has 1 N–H and O–H groups in total. The minimum Gasteiger partial charge on any atom is -0.343 e. The van der Waals surface area contributed by atoms with Crippen LogP contribution in [-0.4, -0.2) is 24.3 Å². The molecule has 2 aromatic rings. The molecule has 2 aromatic carbocycles. The molecular weight excluding hydrogens is 441 g/mol. The van der Waals surface area contributed by atoms with Crippen LogP contribution < -0.4 is 0 Å². The third-order valence-corrected chi connectivity index (χ3v) is 7.58. The molecule has 1 saturated heterocycles. The molecule has 34 heavy (non-hydrogen) atoms. The average Bonchev–Trinajstić information content (AvgIpc) is 2.85. The normalized spacial score (nSPS) is 29.8. The molecule has 0 radical (unpaired) electrons. The zero-order valence-electron chi connectivity index (χ0n) is 20.1. The fourth-order valence-electron chi connectivity index (χ4n) is 5.28. The molecule has 186 valence electrons. The summed E-state index contributed by atoms with van der Waals surface area (Å²) in [5.41, 5.74) is 2.04. The maximum Gasteiger partial charge on any atom is 0.283 e. The first kappa shape index (κ1) is 25.2. The van der Waals surface area contributed by atoms with Crippen LogP contribution in [0, 0.1) is 28.8 Å². The zero-order chi connectivity index (χ0) is 24.3. The highest BCUT2D eigenvalue weighted by Crippen LogP contribution is 2.44. The number of hydrogen-bond acceptors (Lipinski definition) is 3. The quantitative estimate of drug-likeness (QED) is 0.336. The molecule has 0 unspecified atom stereocenters. The van der Waals surface area contributed by atoms with E-state index < -0.39 is 23.4 Å². The van der Waals surface area contributed by atoms with Gasteiger partial charge in [0.1, 0.15) is 0 Å². The second-order valence-corrected chi connectivity index (χ2v) is 10.4. The number of unbranched alkanes of at least 4 members (excludes halogenated alkanes) is 2. The second kappa shape index (κ2) is 10.4. The molecule has 2 fully saturated rings. The van der Waals surface area contributed by atoms with Gasteiger partial charge >= 0.3 is 0 Å². The van der Waals surface area contributed by atoms with Gasteiger partial charge < -0.3 is 14.6 Å². The van der Waals surface area contributed by atoms with Gasteiger partial charge in [-0.2, -0.15) is 0 Å². The van der Waals surface area contributed by atoms with Crippen molar-refractivity contribution >= 4 is 0 Å². The van der Waals surface area contributed by atoms with Crippen molar-refractivity contribution in [3.05, 3.63) is 59.4 Å². The Morgan fingerprint density at radius 1 is 0.882 bits per heavy atom. The number of rotatable bonds is 7. The van der Waals surface area contributed by atoms with Crippen LogP contribution in [0.5, 0.6) is 0 Å². The lowest BCUT2D eigenvalue weighted by atomic mass is 9.77. The van der Waals surface area contributed by atoms with Gasteiger partial charge in [-0.05, 0) is 66.8 Å². The van der Waals surface area contributed by atoms with E-state index in [0.717, 1.165) is 56.2 Å². The molecule has 3 nitrogen and oxygen atoms in total. The molecule has 0 atom stereocenters. The van der Waals surface area contributed by atoms with E-state index in [1.54, 1.807) is 0 Å². The Labute approximate surface area is 200 Å². The van der Waals surface area contributed by atoms with E-state index >= 15 is 0 Å². The molecule has 1 heterocycles. The third-order valence-electron chi connectivity index (χ3n) is 7.58. The number of hydrogen-bond donors (Lipinski definition) is 1. The van der Waals surface area contributed by atoms with Gasteiger partial charge in [-0.3, -0.25) is 0 Å². The predicted molar refractivity (Wildman–Crippen MR) is 126 cm³/mol. The molecule has 1 aliphatic carbocycles. The lowest BCUT2D eigenvalue weighted by Crippen LogP contribution is -2.53. The molecule has 0 bridgehead atoms. The lowest BCUT2D eigenvalue weighted by Gasteiger charge is -2.46. The molecule has 0 aromatic heterocycles. The van der Waals surface area contributed by atoms with E-state index in [4.69, 9.17) is 9.47 Å². The number of halogens is 3. The van der Waals surface area contributed by atoms with E-state index in [2.05, 4.69) is 13.8 Å². The first-order valence-corrected chi connectivity index (χ1v) is 12.5. The number of ether oxygens (including phenoxy) is 2. The fourth-order valence-corrected chi connectivity index (χ4v) is 5.28. The van der Waals surface area contributed by atoms with Crippen molar-refractivity contribution in [1.29, 1.82) is 0 Å². The predicted octanol–water partition coefficient (Wildman–Crippen LogP) is 7.32. The van der Waals surface area contributed by atoms with Gasteiger partial charge in [-0.15, -0.1) is 0 Å². The van der Waals surface area contributed by atoms with Crippen molar-refractivity contribution in [2.24, 2.45) is 11.3 Å². The van der Waals surface area contributed by atoms with Crippen LogP contribution in [0.25, 0.3) is 11.1 Å². The lowest BCUT2D eigenvalue weighted by molar-refractivity contribution is -0.427. The first-order chi connectivity index (χ1) is 16.2. The molecule has 0 amide bonds. The van der Waals surface area contributed by atoms with E-state index in [1.807, 2.05) is 24.3 Å². The Kier molecular flexibility index (Phi) is 7.70. The van der Waals surface area contributed by atoms with Gasteiger partial charge in [0.2, 0.25) is 0 Å². The maximum absolute atomic E-state index is 13.6. The van der Waals surface area contributed by atoms with Crippen molar-refractivity contribution < 1.29 is 27.8 Å². The molecule has 2 aliphatic rings. The fraction of sp³-hybridized carbons (Fsp3) is 0.571. The van der Waals surface area contributed by atoms with Crippen molar-refractivity contribution in [3.8, 4) is 11.1 Å². The zero-order valence-corrected chi connectivity index (χ0v) is 20.1. The van der Waals surface area contributed by atoms with Gasteiger partial charge in [0.15, 0.2) is 17.5 Å². The molecule has 4 rings (SSSR count). The van der Waals surface area contributed by atoms with Crippen LogP contribution >= 0.6 is 0 Å². The summed E-state index contributed by atoms with van der Waals surface area (Å²) in [6.45, 7) is 5.38. The topological polar surface area (TPSA) is 38.7 Å². The van der Waals surface area contributed by atoms with Crippen LogP contribution in [0.1, 0.15) is 76.7 Å². The Morgan fingerprint density at radius 2 is 1.47 bits per heavy atom. The van der Waals surface area contributed by atoms with Crippen LogP contribution in [0.15, 0.2) is 36.4 Å².